The second kappa shape index (κ2) is 11.0. The standard InChI is InChI=1S/C17H29ClN2O/c1-3-19-17(15-7-9-16(18)10-8-15)11-13-20(2)12-5-4-6-14-21/h7-10,17,19,21H,3-6,11-14H2,1-2H3. The van der Waals surface area contributed by atoms with Gasteiger partial charge in [0.25, 0.3) is 0 Å². The summed E-state index contributed by atoms with van der Waals surface area (Å²) >= 11 is 5.96. The topological polar surface area (TPSA) is 35.5 Å². The summed E-state index contributed by atoms with van der Waals surface area (Å²) in [6, 6.07) is 8.51. The molecule has 0 saturated carbocycles. The maximum atomic E-state index is 8.78. The normalized spacial score (nSPS) is 12.8. The lowest BCUT2D eigenvalue weighted by Crippen LogP contribution is -2.28. The molecule has 120 valence electrons. The van der Waals surface area contributed by atoms with Gasteiger partial charge in [-0.05, 0) is 70.1 Å². The number of halogens is 1. The number of benzene rings is 1. The summed E-state index contributed by atoms with van der Waals surface area (Å²) in [4.78, 5) is 2.37. The van der Waals surface area contributed by atoms with Gasteiger partial charge in [-0.15, -0.1) is 0 Å². The van der Waals surface area contributed by atoms with Crippen LogP contribution in [0.25, 0.3) is 0 Å². The minimum atomic E-state index is 0.308. The van der Waals surface area contributed by atoms with Crippen molar-refractivity contribution in [2.45, 2.75) is 38.6 Å². The minimum absolute atomic E-state index is 0.308. The van der Waals surface area contributed by atoms with Gasteiger partial charge in [-0.25, -0.2) is 0 Å². The summed E-state index contributed by atoms with van der Waals surface area (Å²) < 4.78 is 0. The Morgan fingerprint density at radius 3 is 2.48 bits per heavy atom. The van der Waals surface area contributed by atoms with Gasteiger partial charge < -0.3 is 15.3 Å². The van der Waals surface area contributed by atoms with Gasteiger partial charge in [0.1, 0.15) is 0 Å². The maximum Gasteiger partial charge on any atom is 0.0431 e. The molecular weight excluding hydrogens is 284 g/mol. The van der Waals surface area contributed by atoms with E-state index in [1.165, 1.54) is 5.56 Å². The second-order valence-corrected chi connectivity index (χ2v) is 5.97. The fourth-order valence-electron chi connectivity index (χ4n) is 2.46. The van der Waals surface area contributed by atoms with Crippen LogP contribution in [0, 0.1) is 0 Å². The minimum Gasteiger partial charge on any atom is -0.396 e. The molecule has 0 heterocycles. The zero-order valence-corrected chi connectivity index (χ0v) is 14.1. The Bertz CT molecular complexity index is 370. The van der Waals surface area contributed by atoms with Gasteiger partial charge in [0.05, 0.1) is 0 Å². The lowest BCUT2D eigenvalue weighted by Gasteiger charge is -2.23. The van der Waals surface area contributed by atoms with Crippen molar-refractivity contribution in [1.29, 1.82) is 0 Å². The summed E-state index contributed by atoms with van der Waals surface area (Å²) in [7, 11) is 2.17. The zero-order chi connectivity index (χ0) is 15.5. The van der Waals surface area contributed by atoms with Gasteiger partial charge in [-0.3, -0.25) is 0 Å². The van der Waals surface area contributed by atoms with E-state index in [4.69, 9.17) is 16.7 Å². The van der Waals surface area contributed by atoms with Crippen LogP contribution in [0.1, 0.15) is 44.2 Å². The molecule has 0 bridgehead atoms. The summed E-state index contributed by atoms with van der Waals surface area (Å²) in [6.45, 7) is 5.58. The number of nitrogens with zero attached hydrogens (tertiary/aromatic N) is 1. The van der Waals surface area contributed by atoms with Crippen molar-refractivity contribution >= 4 is 11.6 Å². The van der Waals surface area contributed by atoms with Crippen molar-refractivity contribution in [2.75, 3.05) is 33.3 Å². The first-order valence-corrected chi connectivity index (χ1v) is 8.33. The van der Waals surface area contributed by atoms with E-state index in [1.807, 2.05) is 12.1 Å². The molecule has 3 nitrogen and oxygen atoms in total. The number of unbranched alkanes of at least 4 members (excludes halogenated alkanes) is 2. The molecule has 0 amide bonds. The van der Waals surface area contributed by atoms with E-state index in [1.54, 1.807) is 0 Å². The van der Waals surface area contributed by atoms with Crippen LogP contribution in [0.2, 0.25) is 5.02 Å². The Morgan fingerprint density at radius 2 is 1.86 bits per heavy atom. The van der Waals surface area contributed by atoms with Crippen LogP contribution < -0.4 is 5.32 Å². The Kier molecular flexibility index (Phi) is 9.68. The number of aliphatic hydroxyl groups is 1. The van der Waals surface area contributed by atoms with Gasteiger partial charge in [0.2, 0.25) is 0 Å². The number of hydrogen-bond donors (Lipinski definition) is 2. The van der Waals surface area contributed by atoms with Crippen LogP contribution >= 0.6 is 11.6 Å². The highest BCUT2D eigenvalue weighted by molar-refractivity contribution is 6.30. The zero-order valence-electron chi connectivity index (χ0n) is 13.3. The Hall–Kier alpha value is -0.610. The Labute approximate surface area is 134 Å². The summed E-state index contributed by atoms with van der Waals surface area (Å²) in [5.41, 5.74) is 1.30. The molecule has 0 aliphatic rings. The van der Waals surface area contributed by atoms with Crippen LogP contribution in [-0.2, 0) is 0 Å². The van der Waals surface area contributed by atoms with E-state index < -0.39 is 0 Å². The van der Waals surface area contributed by atoms with Crippen molar-refractivity contribution in [3.05, 3.63) is 34.9 Å². The van der Waals surface area contributed by atoms with Gasteiger partial charge in [0.15, 0.2) is 0 Å². The van der Waals surface area contributed by atoms with Gasteiger partial charge >= 0.3 is 0 Å². The highest BCUT2D eigenvalue weighted by atomic mass is 35.5. The third-order valence-corrected chi connectivity index (χ3v) is 3.97. The summed E-state index contributed by atoms with van der Waals surface area (Å²) in [6.07, 6.45) is 4.27. The summed E-state index contributed by atoms with van der Waals surface area (Å²) in [5, 5.41) is 13.1. The first-order valence-electron chi connectivity index (χ1n) is 7.95. The van der Waals surface area contributed by atoms with E-state index in [9.17, 15) is 0 Å². The molecule has 1 unspecified atom stereocenters. The van der Waals surface area contributed by atoms with Crippen LogP contribution in [-0.4, -0.2) is 43.3 Å². The van der Waals surface area contributed by atoms with Crippen molar-refractivity contribution in [2.24, 2.45) is 0 Å². The van der Waals surface area contributed by atoms with Gasteiger partial charge in [-0.2, -0.15) is 0 Å². The van der Waals surface area contributed by atoms with Crippen molar-refractivity contribution in [1.82, 2.24) is 10.2 Å². The lowest BCUT2D eigenvalue weighted by molar-refractivity contribution is 0.268. The third-order valence-electron chi connectivity index (χ3n) is 3.72. The van der Waals surface area contributed by atoms with Crippen molar-refractivity contribution in [3.8, 4) is 0 Å². The first kappa shape index (κ1) is 18.4. The highest BCUT2D eigenvalue weighted by Gasteiger charge is 2.11. The number of rotatable bonds is 11. The number of hydrogen-bond acceptors (Lipinski definition) is 3. The second-order valence-electron chi connectivity index (χ2n) is 5.54. The third kappa shape index (κ3) is 7.82. The molecule has 21 heavy (non-hydrogen) atoms. The highest BCUT2D eigenvalue weighted by Crippen LogP contribution is 2.19. The molecule has 2 N–H and O–H groups in total. The first-order chi connectivity index (χ1) is 10.2. The smallest absolute Gasteiger partial charge is 0.0431 e. The van der Waals surface area contributed by atoms with E-state index in [-0.39, 0.29) is 0 Å². The van der Waals surface area contributed by atoms with Crippen LogP contribution in [0.15, 0.2) is 24.3 Å². The molecule has 0 fully saturated rings. The largest absolute Gasteiger partial charge is 0.396 e. The predicted octanol–water partition coefficient (Wildman–Crippen LogP) is 3.48. The molecule has 1 rings (SSSR count). The van der Waals surface area contributed by atoms with Crippen LogP contribution in [0.5, 0.6) is 0 Å². The van der Waals surface area contributed by atoms with E-state index in [0.29, 0.717) is 12.6 Å². The molecule has 1 atom stereocenters. The SMILES string of the molecule is CCNC(CCN(C)CCCCCO)c1ccc(Cl)cc1. The van der Waals surface area contributed by atoms with Gasteiger partial charge in [-0.1, -0.05) is 30.7 Å². The van der Waals surface area contributed by atoms with E-state index >= 15 is 0 Å². The molecule has 0 aliphatic carbocycles. The maximum absolute atomic E-state index is 8.78. The molecule has 4 heteroatoms. The fourth-order valence-corrected chi connectivity index (χ4v) is 2.59. The van der Waals surface area contributed by atoms with E-state index in [2.05, 4.69) is 36.3 Å². The van der Waals surface area contributed by atoms with Crippen LogP contribution in [0.3, 0.4) is 0 Å². The lowest BCUT2D eigenvalue weighted by atomic mass is 10.0. The van der Waals surface area contributed by atoms with Crippen molar-refractivity contribution < 1.29 is 5.11 Å². The van der Waals surface area contributed by atoms with E-state index in [0.717, 1.165) is 50.3 Å². The predicted molar refractivity (Wildman–Crippen MR) is 90.9 cm³/mol. The van der Waals surface area contributed by atoms with Gasteiger partial charge in [0, 0.05) is 17.7 Å². The Balaban J connectivity index is 2.38. The molecule has 1 aromatic rings. The Morgan fingerprint density at radius 1 is 1.14 bits per heavy atom. The number of nitrogens with one attached hydrogen (secondary N) is 1. The molecule has 0 aliphatic heterocycles. The quantitative estimate of drug-likeness (QED) is 0.614. The molecule has 0 aromatic heterocycles. The molecule has 1 aromatic carbocycles. The molecule has 0 radical (unpaired) electrons. The van der Waals surface area contributed by atoms with Crippen LogP contribution in [0.4, 0.5) is 0 Å². The fraction of sp³-hybridized carbons (Fsp3) is 0.647. The van der Waals surface area contributed by atoms with Crippen molar-refractivity contribution in [3.63, 3.8) is 0 Å². The molecule has 0 spiro atoms. The average molecular weight is 313 g/mol. The summed E-state index contributed by atoms with van der Waals surface area (Å²) in [5.74, 6) is 0. The molecule has 0 saturated heterocycles. The monoisotopic (exact) mass is 312 g/mol. The molecular formula is C17H29ClN2O. The average Bonchev–Trinajstić information content (AvgIpc) is 2.49. The number of aliphatic hydroxyl groups excluding tert-OH is 1.